The van der Waals surface area contributed by atoms with Gasteiger partial charge in [0.15, 0.2) is 0 Å². The second-order valence-electron chi connectivity index (χ2n) is 5.72. The molecule has 0 bridgehead atoms. The number of carbonyl (C=O) groups excluding carboxylic acids is 1. The molecule has 0 saturated carbocycles. The minimum absolute atomic E-state index is 0.0719. The second kappa shape index (κ2) is 8.36. The fourth-order valence-electron chi connectivity index (χ4n) is 2.44. The van der Waals surface area contributed by atoms with Crippen LogP contribution in [0.2, 0.25) is 0 Å². The maximum atomic E-state index is 12.2. The minimum atomic E-state index is -0.0719. The van der Waals surface area contributed by atoms with Crippen molar-refractivity contribution in [3.63, 3.8) is 0 Å². The number of carbonyl (C=O) groups is 1. The van der Waals surface area contributed by atoms with Crippen LogP contribution in [0.3, 0.4) is 0 Å². The van der Waals surface area contributed by atoms with E-state index in [4.69, 9.17) is 9.84 Å². The summed E-state index contributed by atoms with van der Waals surface area (Å²) in [7, 11) is 3.54. The fourth-order valence-corrected chi connectivity index (χ4v) is 2.44. The topological polar surface area (TPSA) is 61.8 Å². The van der Waals surface area contributed by atoms with E-state index >= 15 is 0 Å². The number of anilines is 2. The Morgan fingerprint density at radius 1 is 1.21 bits per heavy atom. The highest BCUT2D eigenvalue weighted by Gasteiger charge is 2.07. The van der Waals surface area contributed by atoms with Crippen LogP contribution in [0.1, 0.15) is 11.1 Å². The summed E-state index contributed by atoms with van der Waals surface area (Å²) in [4.78, 5) is 14.1. The largest absolute Gasteiger partial charge is 0.496 e. The van der Waals surface area contributed by atoms with Crippen molar-refractivity contribution in [1.82, 2.24) is 0 Å². The highest BCUT2D eigenvalue weighted by molar-refractivity contribution is 5.92. The number of benzene rings is 2. The summed E-state index contributed by atoms with van der Waals surface area (Å²) in [5.74, 6) is 0.717. The first-order chi connectivity index (χ1) is 11.5. The third kappa shape index (κ3) is 4.73. The molecule has 2 aromatic rings. The van der Waals surface area contributed by atoms with E-state index in [0.29, 0.717) is 13.0 Å². The number of aryl methyl sites for hydroxylation is 1. The van der Waals surface area contributed by atoms with Gasteiger partial charge >= 0.3 is 0 Å². The molecule has 5 nitrogen and oxygen atoms in total. The van der Waals surface area contributed by atoms with Gasteiger partial charge in [0, 0.05) is 25.0 Å². The van der Waals surface area contributed by atoms with Gasteiger partial charge in [-0.25, -0.2) is 0 Å². The van der Waals surface area contributed by atoms with E-state index in [1.54, 1.807) is 7.11 Å². The van der Waals surface area contributed by atoms with Gasteiger partial charge in [0.1, 0.15) is 5.75 Å². The average Bonchev–Trinajstić information content (AvgIpc) is 2.57. The first kappa shape index (κ1) is 17.8. The molecule has 0 aliphatic rings. The molecule has 1 amide bonds. The highest BCUT2D eigenvalue weighted by atomic mass is 16.5. The molecular weight excluding hydrogens is 304 g/mol. The van der Waals surface area contributed by atoms with Crippen LogP contribution in [-0.4, -0.2) is 38.3 Å². The predicted octanol–water partition coefficient (Wildman–Crippen LogP) is 2.61. The molecule has 0 atom stereocenters. The summed E-state index contributed by atoms with van der Waals surface area (Å²) in [6, 6.07) is 13.3. The van der Waals surface area contributed by atoms with Gasteiger partial charge in [0.2, 0.25) is 5.91 Å². The molecule has 0 aliphatic heterocycles. The summed E-state index contributed by atoms with van der Waals surface area (Å²) in [6.07, 6.45) is 0.294. The highest BCUT2D eigenvalue weighted by Crippen LogP contribution is 2.20. The summed E-state index contributed by atoms with van der Waals surface area (Å²) in [5.41, 5.74) is 3.70. The molecule has 24 heavy (non-hydrogen) atoms. The summed E-state index contributed by atoms with van der Waals surface area (Å²) in [5, 5.41) is 11.9. The van der Waals surface area contributed by atoms with E-state index in [0.717, 1.165) is 28.3 Å². The number of aliphatic hydroxyl groups excluding tert-OH is 1. The monoisotopic (exact) mass is 328 g/mol. The maximum absolute atomic E-state index is 12.2. The van der Waals surface area contributed by atoms with Crippen LogP contribution in [-0.2, 0) is 11.2 Å². The lowest BCUT2D eigenvalue weighted by atomic mass is 10.1. The molecule has 0 aliphatic carbocycles. The number of rotatable bonds is 7. The van der Waals surface area contributed by atoms with Crippen molar-refractivity contribution in [1.29, 1.82) is 0 Å². The van der Waals surface area contributed by atoms with Crippen molar-refractivity contribution in [2.75, 3.05) is 37.5 Å². The lowest BCUT2D eigenvalue weighted by molar-refractivity contribution is -0.115. The van der Waals surface area contributed by atoms with Gasteiger partial charge in [-0.2, -0.15) is 0 Å². The van der Waals surface area contributed by atoms with Crippen LogP contribution >= 0.6 is 0 Å². The lowest BCUT2D eigenvalue weighted by Crippen LogP contribution is -2.21. The Morgan fingerprint density at radius 2 is 1.92 bits per heavy atom. The second-order valence-corrected chi connectivity index (χ2v) is 5.72. The Hall–Kier alpha value is -2.53. The number of hydrogen-bond acceptors (Lipinski definition) is 4. The van der Waals surface area contributed by atoms with E-state index in [-0.39, 0.29) is 12.5 Å². The zero-order chi connectivity index (χ0) is 17.5. The predicted molar refractivity (Wildman–Crippen MR) is 96.9 cm³/mol. The molecule has 2 N–H and O–H groups in total. The number of amides is 1. The summed E-state index contributed by atoms with van der Waals surface area (Å²) in [6.45, 7) is 2.65. The molecule has 0 fully saturated rings. The number of likely N-dealkylation sites (N-methyl/N-ethyl adjacent to an activating group) is 1. The van der Waals surface area contributed by atoms with E-state index < -0.39 is 0 Å². The Bertz CT molecular complexity index is 684. The number of methoxy groups -OCH3 is 1. The summed E-state index contributed by atoms with van der Waals surface area (Å²) < 4.78 is 5.29. The van der Waals surface area contributed by atoms with Crippen molar-refractivity contribution in [3.05, 3.63) is 53.6 Å². The van der Waals surface area contributed by atoms with Gasteiger partial charge in [-0.3, -0.25) is 4.79 Å². The molecular formula is C19H24N2O3. The molecule has 5 heteroatoms. The molecule has 0 radical (unpaired) electrons. The normalized spacial score (nSPS) is 10.3. The van der Waals surface area contributed by atoms with Gasteiger partial charge in [-0.05, 0) is 48.4 Å². The van der Waals surface area contributed by atoms with Crippen LogP contribution in [0.15, 0.2) is 42.5 Å². The van der Waals surface area contributed by atoms with Crippen molar-refractivity contribution in [3.8, 4) is 5.75 Å². The Balaban J connectivity index is 1.97. The van der Waals surface area contributed by atoms with E-state index in [1.165, 1.54) is 0 Å². The number of nitrogens with zero attached hydrogens (tertiary/aromatic N) is 1. The Morgan fingerprint density at radius 3 is 2.54 bits per heavy atom. The van der Waals surface area contributed by atoms with Crippen LogP contribution in [0, 0.1) is 6.92 Å². The van der Waals surface area contributed by atoms with Gasteiger partial charge in [-0.15, -0.1) is 0 Å². The van der Waals surface area contributed by atoms with Crippen LogP contribution < -0.4 is 15.0 Å². The van der Waals surface area contributed by atoms with Gasteiger partial charge in [-0.1, -0.05) is 12.1 Å². The molecule has 2 aromatic carbocycles. The molecule has 0 unspecified atom stereocenters. The van der Waals surface area contributed by atoms with Crippen molar-refractivity contribution in [2.24, 2.45) is 0 Å². The standard InChI is InChI=1S/C19H24N2O3/c1-14-4-5-15(12-18(14)24-3)13-19(23)20-16-6-8-17(9-7-16)21(2)10-11-22/h4-9,12,22H,10-11,13H2,1-3H3,(H,20,23). The first-order valence-electron chi connectivity index (χ1n) is 7.89. The lowest BCUT2D eigenvalue weighted by Gasteiger charge is -2.18. The van der Waals surface area contributed by atoms with Crippen molar-refractivity contribution >= 4 is 17.3 Å². The first-order valence-corrected chi connectivity index (χ1v) is 7.89. The zero-order valence-electron chi connectivity index (χ0n) is 14.4. The summed E-state index contributed by atoms with van der Waals surface area (Å²) >= 11 is 0. The Labute approximate surface area is 142 Å². The van der Waals surface area contributed by atoms with Crippen LogP contribution in [0.25, 0.3) is 0 Å². The SMILES string of the molecule is COc1cc(CC(=O)Nc2ccc(N(C)CCO)cc2)ccc1C. The fraction of sp³-hybridized carbons (Fsp3) is 0.316. The average molecular weight is 328 g/mol. The van der Waals surface area contributed by atoms with Gasteiger partial charge in [0.05, 0.1) is 20.1 Å². The van der Waals surface area contributed by atoms with Crippen molar-refractivity contribution < 1.29 is 14.6 Å². The molecule has 2 rings (SSSR count). The molecule has 128 valence electrons. The van der Waals surface area contributed by atoms with E-state index in [1.807, 2.05) is 61.3 Å². The number of aliphatic hydroxyl groups is 1. The van der Waals surface area contributed by atoms with E-state index in [9.17, 15) is 4.79 Å². The molecule has 0 saturated heterocycles. The Kier molecular flexibility index (Phi) is 6.21. The quantitative estimate of drug-likeness (QED) is 0.820. The van der Waals surface area contributed by atoms with Gasteiger partial charge < -0.3 is 20.1 Å². The third-order valence-corrected chi connectivity index (χ3v) is 3.86. The van der Waals surface area contributed by atoms with Crippen LogP contribution in [0.4, 0.5) is 11.4 Å². The number of hydrogen-bond donors (Lipinski definition) is 2. The van der Waals surface area contributed by atoms with Crippen molar-refractivity contribution in [2.45, 2.75) is 13.3 Å². The smallest absolute Gasteiger partial charge is 0.228 e. The maximum Gasteiger partial charge on any atom is 0.228 e. The van der Waals surface area contributed by atoms with Crippen LogP contribution in [0.5, 0.6) is 5.75 Å². The number of ether oxygens (including phenoxy) is 1. The third-order valence-electron chi connectivity index (χ3n) is 3.86. The molecule has 0 aromatic heterocycles. The van der Waals surface area contributed by atoms with E-state index in [2.05, 4.69) is 5.32 Å². The molecule has 0 spiro atoms. The minimum Gasteiger partial charge on any atom is -0.496 e. The van der Waals surface area contributed by atoms with Gasteiger partial charge in [0.25, 0.3) is 0 Å². The number of nitrogens with one attached hydrogen (secondary N) is 1. The zero-order valence-corrected chi connectivity index (χ0v) is 14.4. The molecule has 0 heterocycles.